The molecule has 0 spiro atoms. The van der Waals surface area contributed by atoms with Gasteiger partial charge >= 0.3 is 0 Å². The van der Waals surface area contributed by atoms with Crippen molar-refractivity contribution < 1.29 is 9.53 Å². The fourth-order valence-electron chi connectivity index (χ4n) is 1.35. The van der Waals surface area contributed by atoms with E-state index >= 15 is 0 Å². The fraction of sp³-hybridized carbons (Fsp3) is 0.364. The summed E-state index contributed by atoms with van der Waals surface area (Å²) in [5.74, 6) is 0.789. The molecular weight excluding hydrogens is 214 g/mol. The number of rotatable bonds is 5. The van der Waals surface area contributed by atoms with Gasteiger partial charge in [-0.05, 0) is 25.2 Å². The summed E-state index contributed by atoms with van der Waals surface area (Å²) in [5.41, 5.74) is 0.981. The zero-order chi connectivity index (χ0) is 11.3. The Morgan fingerprint density at radius 1 is 1.53 bits per heavy atom. The standard InChI is InChI=1S/C11H14ClNO2/c1-13(5-6-14)8-9-7-10(12)3-4-11(9)15-2/h3-4,6-7H,5,8H2,1-2H3. The molecule has 0 heterocycles. The van der Waals surface area contributed by atoms with Crippen LogP contribution in [0, 0.1) is 0 Å². The summed E-state index contributed by atoms with van der Waals surface area (Å²) in [4.78, 5) is 12.2. The van der Waals surface area contributed by atoms with Crippen molar-refractivity contribution in [1.82, 2.24) is 4.90 Å². The fourth-order valence-corrected chi connectivity index (χ4v) is 1.55. The van der Waals surface area contributed by atoms with Gasteiger partial charge in [0.05, 0.1) is 13.7 Å². The van der Waals surface area contributed by atoms with E-state index < -0.39 is 0 Å². The maximum absolute atomic E-state index is 10.3. The lowest BCUT2D eigenvalue weighted by Crippen LogP contribution is -2.20. The van der Waals surface area contributed by atoms with Crippen molar-refractivity contribution in [2.24, 2.45) is 0 Å². The monoisotopic (exact) mass is 227 g/mol. The van der Waals surface area contributed by atoms with E-state index in [1.165, 1.54) is 0 Å². The quantitative estimate of drug-likeness (QED) is 0.721. The molecular formula is C11H14ClNO2. The van der Waals surface area contributed by atoms with E-state index in [0.29, 0.717) is 18.1 Å². The van der Waals surface area contributed by atoms with E-state index in [4.69, 9.17) is 16.3 Å². The Morgan fingerprint density at radius 2 is 2.27 bits per heavy atom. The molecule has 0 aliphatic rings. The molecule has 0 amide bonds. The first-order valence-electron chi connectivity index (χ1n) is 4.62. The largest absolute Gasteiger partial charge is 0.496 e. The molecule has 0 aliphatic heterocycles. The molecule has 4 heteroatoms. The van der Waals surface area contributed by atoms with Crippen LogP contribution in [0.4, 0.5) is 0 Å². The van der Waals surface area contributed by atoms with Crippen molar-refractivity contribution in [2.75, 3.05) is 20.7 Å². The van der Waals surface area contributed by atoms with Gasteiger partial charge in [-0.2, -0.15) is 0 Å². The van der Waals surface area contributed by atoms with Gasteiger partial charge in [0.2, 0.25) is 0 Å². The highest BCUT2D eigenvalue weighted by molar-refractivity contribution is 6.30. The van der Waals surface area contributed by atoms with Crippen LogP contribution in [-0.4, -0.2) is 31.9 Å². The number of nitrogens with zero attached hydrogens (tertiary/aromatic N) is 1. The molecule has 0 saturated carbocycles. The van der Waals surface area contributed by atoms with Crippen LogP contribution in [0.2, 0.25) is 5.02 Å². The van der Waals surface area contributed by atoms with Crippen LogP contribution in [0.5, 0.6) is 5.75 Å². The first kappa shape index (κ1) is 12.0. The van der Waals surface area contributed by atoms with E-state index in [1.807, 2.05) is 24.1 Å². The summed E-state index contributed by atoms with van der Waals surface area (Å²) in [7, 11) is 3.49. The van der Waals surface area contributed by atoms with E-state index in [-0.39, 0.29) is 0 Å². The third-order valence-electron chi connectivity index (χ3n) is 2.07. The minimum Gasteiger partial charge on any atom is -0.496 e. The van der Waals surface area contributed by atoms with Crippen LogP contribution in [0.1, 0.15) is 5.56 Å². The van der Waals surface area contributed by atoms with Gasteiger partial charge in [0.25, 0.3) is 0 Å². The minimum absolute atomic E-state index is 0.398. The van der Waals surface area contributed by atoms with Gasteiger partial charge in [-0.15, -0.1) is 0 Å². The average molecular weight is 228 g/mol. The number of carbonyl (C=O) groups is 1. The van der Waals surface area contributed by atoms with Crippen molar-refractivity contribution in [3.8, 4) is 5.75 Å². The zero-order valence-corrected chi connectivity index (χ0v) is 9.62. The SMILES string of the molecule is COc1ccc(Cl)cc1CN(C)CC=O. The predicted octanol–water partition coefficient (Wildman–Crippen LogP) is 1.98. The third-order valence-corrected chi connectivity index (χ3v) is 2.30. The molecule has 3 nitrogen and oxygen atoms in total. The number of benzene rings is 1. The highest BCUT2D eigenvalue weighted by atomic mass is 35.5. The molecule has 0 unspecified atom stereocenters. The number of likely N-dealkylation sites (N-methyl/N-ethyl adjacent to an activating group) is 1. The minimum atomic E-state index is 0.398. The lowest BCUT2D eigenvalue weighted by Gasteiger charge is -2.15. The van der Waals surface area contributed by atoms with Crippen LogP contribution >= 0.6 is 11.6 Å². The molecule has 0 bridgehead atoms. The van der Waals surface area contributed by atoms with Crippen molar-refractivity contribution in [1.29, 1.82) is 0 Å². The van der Waals surface area contributed by atoms with Crippen molar-refractivity contribution >= 4 is 17.9 Å². The van der Waals surface area contributed by atoms with Crippen molar-refractivity contribution in [2.45, 2.75) is 6.54 Å². The zero-order valence-electron chi connectivity index (χ0n) is 8.87. The molecule has 0 atom stereocenters. The Morgan fingerprint density at radius 3 is 2.87 bits per heavy atom. The summed E-state index contributed by atoms with van der Waals surface area (Å²) in [6.45, 7) is 1.04. The lowest BCUT2D eigenvalue weighted by atomic mass is 10.2. The van der Waals surface area contributed by atoms with Gasteiger partial charge in [-0.25, -0.2) is 0 Å². The van der Waals surface area contributed by atoms with Gasteiger partial charge in [0.15, 0.2) is 0 Å². The van der Waals surface area contributed by atoms with Gasteiger partial charge < -0.3 is 9.53 Å². The number of ether oxygens (including phenoxy) is 1. The Hall–Kier alpha value is -1.06. The summed E-state index contributed by atoms with van der Waals surface area (Å²) in [5, 5.41) is 0.672. The average Bonchev–Trinajstić information content (AvgIpc) is 2.18. The maximum Gasteiger partial charge on any atom is 0.133 e. The van der Waals surface area contributed by atoms with E-state index in [1.54, 1.807) is 13.2 Å². The number of carbonyl (C=O) groups excluding carboxylic acids is 1. The van der Waals surface area contributed by atoms with Crippen LogP contribution in [-0.2, 0) is 11.3 Å². The molecule has 1 aromatic carbocycles. The van der Waals surface area contributed by atoms with Crippen LogP contribution in [0.15, 0.2) is 18.2 Å². The predicted molar refractivity (Wildman–Crippen MR) is 60.4 cm³/mol. The normalized spacial score (nSPS) is 10.4. The Labute approximate surface area is 94.6 Å². The molecule has 0 aliphatic carbocycles. The number of aldehydes is 1. The highest BCUT2D eigenvalue weighted by Gasteiger charge is 2.06. The second kappa shape index (κ2) is 5.73. The molecule has 0 aromatic heterocycles. The van der Waals surface area contributed by atoms with Gasteiger partial charge in [0, 0.05) is 17.1 Å². The maximum atomic E-state index is 10.3. The Bertz CT molecular complexity index is 341. The summed E-state index contributed by atoms with van der Waals surface area (Å²) >= 11 is 5.89. The van der Waals surface area contributed by atoms with Gasteiger partial charge in [0.1, 0.15) is 12.0 Å². The van der Waals surface area contributed by atoms with Crippen molar-refractivity contribution in [3.05, 3.63) is 28.8 Å². The van der Waals surface area contributed by atoms with Crippen molar-refractivity contribution in [3.63, 3.8) is 0 Å². The molecule has 1 aromatic rings. The molecule has 0 radical (unpaired) electrons. The smallest absolute Gasteiger partial charge is 0.133 e. The van der Waals surface area contributed by atoms with Gasteiger partial charge in [-0.1, -0.05) is 11.6 Å². The first-order chi connectivity index (χ1) is 7.17. The second-order valence-electron chi connectivity index (χ2n) is 3.32. The molecule has 15 heavy (non-hydrogen) atoms. The number of methoxy groups -OCH3 is 1. The molecule has 82 valence electrons. The van der Waals surface area contributed by atoms with E-state index in [9.17, 15) is 4.79 Å². The summed E-state index contributed by atoms with van der Waals surface area (Å²) in [6, 6.07) is 5.46. The Kier molecular flexibility index (Phi) is 4.59. The van der Waals surface area contributed by atoms with Gasteiger partial charge in [-0.3, -0.25) is 4.90 Å². The summed E-state index contributed by atoms with van der Waals surface area (Å²) < 4.78 is 5.21. The highest BCUT2D eigenvalue weighted by Crippen LogP contribution is 2.23. The molecule has 0 fully saturated rings. The molecule has 1 rings (SSSR count). The third kappa shape index (κ3) is 3.53. The second-order valence-corrected chi connectivity index (χ2v) is 3.76. The lowest BCUT2D eigenvalue weighted by molar-refractivity contribution is -0.108. The molecule has 0 saturated heterocycles. The summed E-state index contributed by atoms with van der Waals surface area (Å²) in [6.07, 6.45) is 0.872. The van der Waals surface area contributed by atoms with E-state index in [0.717, 1.165) is 17.6 Å². The number of halogens is 1. The molecule has 0 N–H and O–H groups in total. The Balaban J connectivity index is 2.81. The first-order valence-corrected chi connectivity index (χ1v) is 4.99. The van der Waals surface area contributed by atoms with Crippen LogP contribution in [0.3, 0.4) is 0 Å². The number of hydrogen-bond acceptors (Lipinski definition) is 3. The topological polar surface area (TPSA) is 29.5 Å². The van der Waals surface area contributed by atoms with E-state index in [2.05, 4.69) is 0 Å². The van der Waals surface area contributed by atoms with Crippen LogP contribution < -0.4 is 4.74 Å². The van der Waals surface area contributed by atoms with Crippen LogP contribution in [0.25, 0.3) is 0 Å². The number of hydrogen-bond donors (Lipinski definition) is 0.